The van der Waals surface area contributed by atoms with Gasteiger partial charge >= 0.3 is 0 Å². The van der Waals surface area contributed by atoms with Crippen molar-refractivity contribution < 1.29 is 14.2 Å². The topological polar surface area (TPSA) is 146 Å². The molecule has 0 bridgehead atoms. The molecule has 0 aliphatic rings. The third-order valence-electron chi connectivity index (χ3n) is 3.25. The summed E-state index contributed by atoms with van der Waals surface area (Å²) in [6.45, 7) is 1.62. The molecule has 0 saturated heterocycles. The van der Waals surface area contributed by atoms with E-state index in [4.69, 9.17) is 10.5 Å². The molecule has 0 saturated carbocycles. The van der Waals surface area contributed by atoms with Gasteiger partial charge in [0.2, 0.25) is 11.6 Å². The first-order chi connectivity index (χ1) is 12.1. The Morgan fingerprint density at radius 1 is 1.36 bits per heavy atom. The van der Waals surface area contributed by atoms with E-state index in [0.29, 0.717) is 5.69 Å². The van der Waals surface area contributed by atoms with Gasteiger partial charge in [0.05, 0.1) is 19.0 Å². The maximum atomic E-state index is 12.4. The molecule has 0 fully saturated rings. The van der Waals surface area contributed by atoms with Crippen LogP contribution >= 0.6 is 0 Å². The smallest absolute Gasteiger partial charge is 0.292 e. The molecule has 0 radical (unpaired) electrons. The Labute approximate surface area is 141 Å². The van der Waals surface area contributed by atoms with Gasteiger partial charge in [-0.25, -0.2) is 10.1 Å². The van der Waals surface area contributed by atoms with Crippen molar-refractivity contribution in [2.45, 2.75) is 6.92 Å². The monoisotopic (exact) mass is 342 g/mol. The summed E-state index contributed by atoms with van der Waals surface area (Å²) in [7, 11) is 1.58. The lowest BCUT2D eigenvalue weighted by atomic mass is 10.2. The van der Waals surface area contributed by atoms with Gasteiger partial charge < -0.3 is 10.5 Å². The number of aryl methyl sites for hydroxylation is 1. The SMILES string of the molecule is COc1ccc(/C=N\NC(=O)c2c(C)nnn2-c2nonc2N)cc1. The fourth-order valence-electron chi connectivity index (χ4n) is 2.01. The molecule has 25 heavy (non-hydrogen) atoms. The molecule has 1 amide bonds. The summed E-state index contributed by atoms with van der Waals surface area (Å²) in [5.41, 5.74) is 9.31. The molecule has 3 rings (SSSR count). The van der Waals surface area contributed by atoms with Crippen LogP contribution in [0.4, 0.5) is 5.82 Å². The summed E-state index contributed by atoms with van der Waals surface area (Å²) in [5.74, 6) is 0.255. The zero-order chi connectivity index (χ0) is 17.8. The number of hydrogen-bond acceptors (Lipinski definition) is 9. The highest BCUT2D eigenvalue weighted by Gasteiger charge is 2.22. The zero-order valence-corrected chi connectivity index (χ0v) is 13.4. The van der Waals surface area contributed by atoms with Crippen LogP contribution in [0.3, 0.4) is 0 Å². The van der Waals surface area contributed by atoms with E-state index in [1.807, 2.05) is 0 Å². The van der Waals surface area contributed by atoms with Crippen molar-refractivity contribution in [2.24, 2.45) is 5.10 Å². The number of hydrogen-bond donors (Lipinski definition) is 2. The molecule has 0 unspecified atom stereocenters. The van der Waals surface area contributed by atoms with Gasteiger partial charge in [-0.1, -0.05) is 5.21 Å². The van der Waals surface area contributed by atoms with Crippen molar-refractivity contribution >= 4 is 17.9 Å². The lowest BCUT2D eigenvalue weighted by Gasteiger charge is -2.02. The first-order valence-corrected chi connectivity index (χ1v) is 7.08. The number of methoxy groups -OCH3 is 1. The first kappa shape index (κ1) is 16.1. The molecule has 0 aliphatic heterocycles. The quantitative estimate of drug-likeness (QED) is 0.497. The van der Waals surface area contributed by atoms with Crippen LogP contribution in [-0.4, -0.2) is 44.5 Å². The van der Waals surface area contributed by atoms with E-state index in [9.17, 15) is 4.79 Å². The minimum absolute atomic E-state index is 0.0133. The van der Waals surface area contributed by atoms with Crippen molar-refractivity contribution in [3.8, 4) is 11.6 Å². The van der Waals surface area contributed by atoms with Crippen LogP contribution < -0.4 is 15.9 Å². The highest BCUT2D eigenvalue weighted by molar-refractivity contribution is 5.94. The summed E-state index contributed by atoms with van der Waals surface area (Å²) >= 11 is 0. The maximum absolute atomic E-state index is 12.4. The van der Waals surface area contributed by atoms with Gasteiger partial charge in [0.1, 0.15) is 5.75 Å². The Morgan fingerprint density at radius 2 is 2.12 bits per heavy atom. The van der Waals surface area contributed by atoms with Gasteiger partial charge in [0.25, 0.3) is 5.91 Å². The minimum atomic E-state index is -0.533. The molecule has 3 N–H and O–H groups in total. The molecule has 128 valence electrons. The summed E-state index contributed by atoms with van der Waals surface area (Å²) < 4.78 is 10.7. The molecule has 0 atom stereocenters. The number of ether oxygens (including phenoxy) is 1. The summed E-state index contributed by atoms with van der Waals surface area (Å²) in [5, 5.41) is 18.6. The Morgan fingerprint density at radius 3 is 2.76 bits per heavy atom. The minimum Gasteiger partial charge on any atom is -0.497 e. The standard InChI is InChI=1S/C14H14N8O3/c1-8-11(22(21-17-8)13-12(15)19-25-20-13)14(23)18-16-7-9-3-5-10(24-2)6-4-9/h3-7H,1-2H3,(H2,15,19)(H,18,23)/b16-7-. The van der Waals surface area contributed by atoms with Crippen LogP contribution in [0.15, 0.2) is 34.0 Å². The highest BCUT2D eigenvalue weighted by atomic mass is 16.6. The number of benzene rings is 1. The van der Waals surface area contributed by atoms with Crippen LogP contribution in [0.1, 0.15) is 21.7 Å². The van der Waals surface area contributed by atoms with Gasteiger partial charge in [-0.15, -0.1) is 5.10 Å². The highest BCUT2D eigenvalue weighted by Crippen LogP contribution is 2.15. The molecule has 0 aliphatic carbocycles. The number of nitrogens with zero attached hydrogens (tertiary/aromatic N) is 6. The summed E-state index contributed by atoms with van der Waals surface area (Å²) in [4.78, 5) is 12.4. The number of nitrogens with two attached hydrogens (primary N) is 1. The van der Waals surface area contributed by atoms with Crippen LogP contribution in [0.5, 0.6) is 5.75 Å². The van der Waals surface area contributed by atoms with Gasteiger partial charge in [-0.05, 0) is 47.1 Å². The number of nitrogen functional groups attached to an aromatic ring is 1. The second-order valence-corrected chi connectivity index (χ2v) is 4.88. The van der Waals surface area contributed by atoms with Crippen molar-refractivity contribution in [3.05, 3.63) is 41.2 Å². The van der Waals surface area contributed by atoms with Crippen LogP contribution in [-0.2, 0) is 0 Å². The molecule has 2 heterocycles. The number of amides is 1. The molecule has 11 nitrogen and oxygen atoms in total. The van der Waals surface area contributed by atoms with Gasteiger partial charge in [-0.3, -0.25) is 4.79 Å². The molecule has 1 aromatic carbocycles. The molecule has 11 heteroatoms. The predicted molar refractivity (Wildman–Crippen MR) is 86.4 cm³/mol. The lowest BCUT2D eigenvalue weighted by molar-refractivity contribution is 0.0946. The van der Waals surface area contributed by atoms with E-state index in [-0.39, 0.29) is 17.3 Å². The second-order valence-electron chi connectivity index (χ2n) is 4.88. The number of rotatable bonds is 5. The van der Waals surface area contributed by atoms with Crippen molar-refractivity contribution in [1.82, 2.24) is 30.7 Å². The second kappa shape index (κ2) is 6.78. The maximum Gasteiger partial charge on any atom is 0.292 e. The third-order valence-corrected chi connectivity index (χ3v) is 3.25. The Hall–Kier alpha value is -3.76. The van der Waals surface area contributed by atoms with Gasteiger partial charge in [0.15, 0.2) is 5.69 Å². The largest absolute Gasteiger partial charge is 0.497 e. The molecule has 2 aromatic heterocycles. The van der Waals surface area contributed by atoms with E-state index >= 15 is 0 Å². The number of aromatic nitrogens is 5. The van der Waals surface area contributed by atoms with E-state index < -0.39 is 5.91 Å². The fourth-order valence-corrected chi connectivity index (χ4v) is 2.01. The fraction of sp³-hybridized carbons (Fsp3) is 0.143. The third kappa shape index (κ3) is 3.29. The van der Waals surface area contributed by atoms with Crippen LogP contribution in [0, 0.1) is 6.92 Å². The van der Waals surface area contributed by atoms with E-state index in [0.717, 1.165) is 16.0 Å². The van der Waals surface area contributed by atoms with Crippen LogP contribution in [0.2, 0.25) is 0 Å². The Balaban J connectivity index is 1.76. The summed E-state index contributed by atoms with van der Waals surface area (Å²) in [6, 6.07) is 7.17. The van der Waals surface area contributed by atoms with E-state index in [1.54, 1.807) is 38.3 Å². The molecule has 3 aromatic rings. The molecular weight excluding hydrogens is 328 g/mol. The number of carbonyl (C=O) groups excluding carboxylic acids is 1. The van der Waals surface area contributed by atoms with Crippen molar-refractivity contribution in [1.29, 1.82) is 0 Å². The first-order valence-electron chi connectivity index (χ1n) is 7.08. The number of nitrogens with one attached hydrogen (secondary N) is 1. The van der Waals surface area contributed by atoms with Gasteiger partial charge in [-0.2, -0.15) is 9.78 Å². The average Bonchev–Trinajstić information content (AvgIpc) is 3.20. The van der Waals surface area contributed by atoms with Crippen molar-refractivity contribution in [2.75, 3.05) is 12.8 Å². The number of carbonyl (C=O) groups is 1. The zero-order valence-electron chi connectivity index (χ0n) is 13.4. The normalized spacial score (nSPS) is 11.0. The van der Waals surface area contributed by atoms with E-state index in [2.05, 4.69) is 35.8 Å². The number of anilines is 1. The summed E-state index contributed by atoms with van der Waals surface area (Å²) in [6.07, 6.45) is 1.49. The van der Waals surface area contributed by atoms with E-state index in [1.165, 1.54) is 6.21 Å². The average molecular weight is 342 g/mol. The lowest BCUT2D eigenvalue weighted by Crippen LogP contribution is -2.22. The Bertz CT molecular complexity index is 913. The van der Waals surface area contributed by atoms with Crippen molar-refractivity contribution in [3.63, 3.8) is 0 Å². The number of hydrazone groups is 1. The Kier molecular flexibility index (Phi) is 4.37. The van der Waals surface area contributed by atoms with Gasteiger partial charge in [0, 0.05) is 0 Å². The molecule has 0 spiro atoms. The van der Waals surface area contributed by atoms with Crippen LogP contribution in [0.25, 0.3) is 5.82 Å². The molecular formula is C14H14N8O3. The predicted octanol–water partition coefficient (Wildman–Crippen LogP) is 0.313.